The highest BCUT2D eigenvalue weighted by atomic mass is 32.1. The molecule has 1 aromatic heterocycles. The Labute approximate surface area is 238 Å². The predicted molar refractivity (Wildman–Crippen MR) is 159 cm³/mol. The van der Waals surface area contributed by atoms with Crippen molar-refractivity contribution in [2.45, 2.75) is 91.4 Å². The summed E-state index contributed by atoms with van der Waals surface area (Å²) >= 11 is 1.86. The SMILES string of the molecule is CCCc1cc(-c2nc3c(s2)CCCC3)ccc1OCCCOC1=CCC(CC)=C(CCC(=O)OCC)C=C1. The summed E-state index contributed by atoms with van der Waals surface area (Å²) in [7, 11) is 0. The number of rotatable bonds is 14. The summed E-state index contributed by atoms with van der Waals surface area (Å²) in [5, 5.41) is 1.15. The highest BCUT2D eigenvalue weighted by molar-refractivity contribution is 7.15. The molecule has 0 unspecified atom stereocenters. The third kappa shape index (κ3) is 8.31. The van der Waals surface area contributed by atoms with Crippen LogP contribution in [0.1, 0.15) is 88.3 Å². The van der Waals surface area contributed by atoms with Crippen molar-refractivity contribution in [3.05, 3.63) is 69.5 Å². The minimum atomic E-state index is -0.138. The van der Waals surface area contributed by atoms with Gasteiger partial charge < -0.3 is 14.2 Å². The normalized spacial score (nSPS) is 15.0. The summed E-state index contributed by atoms with van der Waals surface area (Å²) in [5.74, 6) is 1.72. The van der Waals surface area contributed by atoms with Gasteiger partial charge in [-0.2, -0.15) is 0 Å². The van der Waals surface area contributed by atoms with Crippen molar-refractivity contribution < 1.29 is 19.0 Å². The zero-order chi connectivity index (χ0) is 27.5. The van der Waals surface area contributed by atoms with E-state index in [1.165, 1.54) is 52.1 Å². The number of thiazole rings is 1. The van der Waals surface area contributed by atoms with Gasteiger partial charge in [0, 0.05) is 23.3 Å². The second kappa shape index (κ2) is 15.1. The molecule has 1 heterocycles. The average molecular weight is 550 g/mol. The lowest BCUT2D eigenvalue weighted by atomic mass is 9.99. The molecule has 0 fully saturated rings. The van der Waals surface area contributed by atoms with Crippen LogP contribution >= 0.6 is 11.3 Å². The van der Waals surface area contributed by atoms with Gasteiger partial charge in [0.25, 0.3) is 0 Å². The largest absolute Gasteiger partial charge is 0.494 e. The van der Waals surface area contributed by atoms with E-state index in [0.29, 0.717) is 32.7 Å². The Morgan fingerprint density at radius 1 is 1.03 bits per heavy atom. The van der Waals surface area contributed by atoms with E-state index >= 15 is 0 Å². The lowest BCUT2D eigenvalue weighted by Crippen LogP contribution is -2.04. The lowest BCUT2D eigenvalue weighted by molar-refractivity contribution is -0.143. The number of hydrogen-bond acceptors (Lipinski definition) is 6. The zero-order valence-corrected chi connectivity index (χ0v) is 24.7. The summed E-state index contributed by atoms with van der Waals surface area (Å²) in [6.07, 6.45) is 16.9. The third-order valence-electron chi connectivity index (χ3n) is 7.27. The first-order chi connectivity index (χ1) is 19.1. The van der Waals surface area contributed by atoms with Crippen LogP contribution in [-0.2, 0) is 33.5 Å². The molecule has 0 saturated heterocycles. The second-order valence-electron chi connectivity index (χ2n) is 10.2. The number of fused-ring (bicyclic) bond motifs is 1. The number of aryl methyl sites for hydroxylation is 3. The number of ether oxygens (including phenoxy) is 3. The van der Waals surface area contributed by atoms with Gasteiger partial charge in [0.05, 0.1) is 25.5 Å². The first kappa shape index (κ1) is 29.1. The van der Waals surface area contributed by atoms with Gasteiger partial charge in [-0.25, -0.2) is 4.98 Å². The number of carbonyl (C=O) groups excluding carboxylic acids is 1. The van der Waals surface area contributed by atoms with E-state index in [9.17, 15) is 4.79 Å². The van der Waals surface area contributed by atoms with Crippen molar-refractivity contribution >= 4 is 17.3 Å². The molecule has 5 nitrogen and oxygen atoms in total. The van der Waals surface area contributed by atoms with Crippen molar-refractivity contribution in [2.24, 2.45) is 0 Å². The van der Waals surface area contributed by atoms with E-state index in [2.05, 4.69) is 44.2 Å². The lowest BCUT2D eigenvalue weighted by Gasteiger charge is -2.13. The number of hydrogen-bond donors (Lipinski definition) is 0. The number of benzene rings is 1. The summed E-state index contributed by atoms with van der Waals surface area (Å²) in [6, 6.07) is 6.56. The van der Waals surface area contributed by atoms with Gasteiger partial charge in [0.15, 0.2) is 0 Å². The van der Waals surface area contributed by atoms with E-state index < -0.39 is 0 Å². The van der Waals surface area contributed by atoms with Crippen LogP contribution < -0.4 is 4.74 Å². The van der Waals surface area contributed by atoms with Crippen molar-refractivity contribution in [2.75, 3.05) is 19.8 Å². The fourth-order valence-corrected chi connectivity index (χ4v) is 6.30. The van der Waals surface area contributed by atoms with Crippen molar-refractivity contribution in [3.63, 3.8) is 0 Å². The van der Waals surface area contributed by atoms with Crippen molar-refractivity contribution in [1.29, 1.82) is 0 Å². The van der Waals surface area contributed by atoms with Crippen LogP contribution in [-0.4, -0.2) is 30.8 Å². The van der Waals surface area contributed by atoms with Crippen LogP contribution in [0.25, 0.3) is 10.6 Å². The number of esters is 1. The Hall–Kier alpha value is -2.86. The molecule has 1 aromatic carbocycles. The molecule has 2 aliphatic carbocycles. The molecule has 2 aromatic rings. The molecule has 0 bridgehead atoms. The van der Waals surface area contributed by atoms with Crippen molar-refractivity contribution in [1.82, 2.24) is 4.98 Å². The Morgan fingerprint density at radius 3 is 2.67 bits per heavy atom. The van der Waals surface area contributed by atoms with Crippen LogP contribution in [0.15, 0.2) is 53.3 Å². The molecule has 4 rings (SSSR count). The van der Waals surface area contributed by atoms with E-state index in [0.717, 1.165) is 55.0 Å². The predicted octanol–water partition coefficient (Wildman–Crippen LogP) is 8.32. The van der Waals surface area contributed by atoms with E-state index in [1.54, 1.807) is 0 Å². The minimum Gasteiger partial charge on any atom is -0.494 e. The smallest absolute Gasteiger partial charge is 0.306 e. The van der Waals surface area contributed by atoms with Crippen LogP contribution in [0.5, 0.6) is 5.75 Å². The van der Waals surface area contributed by atoms with Crippen LogP contribution in [0.2, 0.25) is 0 Å². The minimum absolute atomic E-state index is 0.138. The van der Waals surface area contributed by atoms with E-state index in [1.807, 2.05) is 24.3 Å². The maximum Gasteiger partial charge on any atom is 0.306 e. The second-order valence-corrected chi connectivity index (χ2v) is 11.2. The molecule has 39 heavy (non-hydrogen) atoms. The molecule has 0 saturated carbocycles. The Bertz CT molecular complexity index is 1180. The summed E-state index contributed by atoms with van der Waals surface area (Å²) in [5.41, 5.74) is 6.34. The van der Waals surface area contributed by atoms with Gasteiger partial charge in [-0.15, -0.1) is 11.3 Å². The summed E-state index contributed by atoms with van der Waals surface area (Å²) in [4.78, 5) is 18.2. The van der Waals surface area contributed by atoms with Crippen LogP contribution in [0.4, 0.5) is 0 Å². The van der Waals surface area contributed by atoms with E-state index in [4.69, 9.17) is 19.2 Å². The Morgan fingerprint density at radius 2 is 1.87 bits per heavy atom. The zero-order valence-electron chi connectivity index (χ0n) is 23.9. The number of aromatic nitrogens is 1. The van der Waals surface area contributed by atoms with Gasteiger partial charge in [-0.05, 0) is 99.8 Å². The molecule has 0 radical (unpaired) electrons. The molecule has 210 valence electrons. The van der Waals surface area contributed by atoms with Gasteiger partial charge in [-0.3, -0.25) is 4.79 Å². The molecular formula is C33H43NO4S. The molecule has 0 spiro atoms. The topological polar surface area (TPSA) is 57.7 Å². The average Bonchev–Trinajstić information content (AvgIpc) is 3.28. The monoisotopic (exact) mass is 549 g/mol. The molecular weight excluding hydrogens is 506 g/mol. The maximum atomic E-state index is 11.8. The molecule has 0 N–H and O–H groups in total. The van der Waals surface area contributed by atoms with Crippen LogP contribution in [0, 0.1) is 0 Å². The third-order valence-corrected chi connectivity index (χ3v) is 8.48. The van der Waals surface area contributed by atoms with Crippen LogP contribution in [0.3, 0.4) is 0 Å². The molecule has 0 aliphatic heterocycles. The number of allylic oxidation sites excluding steroid dienone is 5. The molecule has 0 amide bonds. The summed E-state index contributed by atoms with van der Waals surface area (Å²) in [6.45, 7) is 7.85. The molecule has 2 aliphatic rings. The molecule has 0 atom stereocenters. The highest BCUT2D eigenvalue weighted by Gasteiger charge is 2.17. The Balaban J connectivity index is 1.26. The Kier molecular flexibility index (Phi) is 11.3. The van der Waals surface area contributed by atoms with Gasteiger partial charge in [0.2, 0.25) is 0 Å². The maximum absolute atomic E-state index is 11.8. The summed E-state index contributed by atoms with van der Waals surface area (Å²) < 4.78 is 17.4. The van der Waals surface area contributed by atoms with E-state index in [-0.39, 0.29) is 5.97 Å². The standard InChI is InChI=1S/C33H43NO4S/c1-4-10-26-23-27(33-34-29-11-7-8-12-31(29)39-33)15-19-30(26)38-22-9-21-37-28-17-13-24(5-2)25(14-18-28)16-20-32(35)36-6-3/h14-15,17-19,23H,4-13,16,20-22H2,1-3H3. The first-order valence-electron chi connectivity index (χ1n) is 14.7. The van der Waals surface area contributed by atoms with Crippen molar-refractivity contribution in [3.8, 4) is 16.3 Å². The van der Waals surface area contributed by atoms with Gasteiger partial charge in [0.1, 0.15) is 16.5 Å². The number of carbonyl (C=O) groups is 1. The first-order valence-corrected chi connectivity index (χ1v) is 15.5. The van der Waals surface area contributed by atoms with Gasteiger partial charge in [-0.1, -0.05) is 31.9 Å². The quantitative estimate of drug-likeness (QED) is 0.175. The fraction of sp³-hybridized carbons (Fsp3) is 0.515. The highest BCUT2D eigenvalue weighted by Crippen LogP contribution is 2.35. The van der Waals surface area contributed by atoms with Gasteiger partial charge >= 0.3 is 5.97 Å². The number of nitrogens with zero attached hydrogens (tertiary/aromatic N) is 1. The fourth-order valence-electron chi connectivity index (χ4n) is 5.16. The molecule has 6 heteroatoms.